The summed E-state index contributed by atoms with van der Waals surface area (Å²) < 4.78 is 0. The number of rotatable bonds is 8. The Kier molecular flexibility index (Phi) is 6.31. The van der Waals surface area contributed by atoms with Gasteiger partial charge in [0.05, 0.1) is 6.61 Å². The van der Waals surface area contributed by atoms with Gasteiger partial charge in [-0.3, -0.25) is 9.59 Å². The Bertz CT molecular complexity index is 803. The maximum absolute atomic E-state index is 12.2. The number of fused-ring (bicyclic) bond motifs is 1. The van der Waals surface area contributed by atoms with E-state index in [0.717, 1.165) is 16.5 Å². The number of nitrogens with two attached hydrogens (primary N) is 1. The van der Waals surface area contributed by atoms with Crippen LogP contribution >= 0.6 is 0 Å². The molecule has 0 aliphatic heterocycles. The first kappa shape index (κ1) is 19.4. The molecule has 1 aromatic heterocycles. The van der Waals surface area contributed by atoms with Gasteiger partial charge in [0, 0.05) is 23.5 Å². The van der Waals surface area contributed by atoms with Crippen molar-refractivity contribution in [2.75, 3.05) is 6.61 Å². The van der Waals surface area contributed by atoms with Gasteiger partial charge in [-0.05, 0) is 18.6 Å². The van der Waals surface area contributed by atoms with Crippen molar-refractivity contribution < 1.29 is 24.6 Å². The lowest BCUT2D eigenvalue weighted by molar-refractivity contribution is -0.142. The van der Waals surface area contributed by atoms with E-state index in [0.29, 0.717) is 0 Å². The lowest BCUT2D eigenvalue weighted by atomic mass is 10.0. The topological polar surface area (TPSA) is 158 Å². The maximum atomic E-state index is 12.2. The molecule has 140 valence electrons. The number of benzene rings is 1. The van der Waals surface area contributed by atoms with Crippen molar-refractivity contribution in [1.82, 2.24) is 15.6 Å². The smallest absolute Gasteiger partial charge is 0.326 e. The number of carbonyl (C=O) groups excluding carboxylic acids is 2. The highest BCUT2D eigenvalue weighted by molar-refractivity contribution is 5.92. The molecule has 1 aromatic carbocycles. The minimum atomic E-state index is -1.19. The number of para-hydroxylation sites is 1. The summed E-state index contributed by atoms with van der Waals surface area (Å²) >= 11 is 0. The minimum Gasteiger partial charge on any atom is -0.480 e. The Morgan fingerprint density at radius 3 is 2.54 bits per heavy atom. The maximum Gasteiger partial charge on any atom is 0.326 e. The second kappa shape index (κ2) is 8.45. The lowest BCUT2D eigenvalue weighted by Gasteiger charge is -2.19. The van der Waals surface area contributed by atoms with E-state index in [9.17, 15) is 19.5 Å². The lowest BCUT2D eigenvalue weighted by Crippen LogP contribution is -2.54. The first-order chi connectivity index (χ1) is 12.3. The summed E-state index contributed by atoms with van der Waals surface area (Å²) in [4.78, 5) is 38.4. The summed E-state index contributed by atoms with van der Waals surface area (Å²) in [5, 5.41) is 23.9. The number of aliphatic hydroxyl groups excluding tert-OH is 1. The van der Waals surface area contributed by atoms with Crippen molar-refractivity contribution in [2.24, 2.45) is 5.73 Å². The third kappa shape index (κ3) is 4.58. The molecule has 2 aromatic rings. The van der Waals surface area contributed by atoms with Crippen LogP contribution in [0, 0.1) is 0 Å². The van der Waals surface area contributed by atoms with Gasteiger partial charge in [0.1, 0.15) is 18.1 Å². The number of hydrogen-bond acceptors (Lipinski definition) is 5. The Hall–Kier alpha value is -2.91. The second-order valence-corrected chi connectivity index (χ2v) is 5.98. The number of aliphatic hydroxyl groups is 1. The van der Waals surface area contributed by atoms with E-state index in [1.807, 2.05) is 24.3 Å². The molecule has 9 heteroatoms. The van der Waals surface area contributed by atoms with Crippen LogP contribution in [0.15, 0.2) is 30.5 Å². The van der Waals surface area contributed by atoms with Crippen molar-refractivity contribution >= 4 is 28.7 Å². The van der Waals surface area contributed by atoms with Crippen molar-refractivity contribution in [3.05, 3.63) is 36.0 Å². The zero-order valence-corrected chi connectivity index (χ0v) is 14.2. The van der Waals surface area contributed by atoms with E-state index in [2.05, 4.69) is 15.6 Å². The van der Waals surface area contributed by atoms with Gasteiger partial charge < -0.3 is 31.6 Å². The third-order valence-corrected chi connectivity index (χ3v) is 4.00. The fourth-order valence-electron chi connectivity index (χ4n) is 2.49. The highest BCUT2D eigenvalue weighted by atomic mass is 16.4. The molecule has 2 amide bonds. The van der Waals surface area contributed by atoms with Gasteiger partial charge in [-0.15, -0.1) is 0 Å². The van der Waals surface area contributed by atoms with Crippen LogP contribution in [0.25, 0.3) is 10.9 Å². The fraction of sp³-hybridized carbons (Fsp3) is 0.353. The Morgan fingerprint density at radius 1 is 1.19 bits per heavy atom. The van der Waals surface area contributed by atoms with Crippen molar-refractivity contribution in [2.45, 2.75) is 31.5 Å². The molecule has 0 saturated heterocycles. The molecular formula is C17H22N4O5. The summed E-state index contributed by atoms with van der Waals surface area (Å²) in [7, 11) is 0. The summed E-state index contributed by atoms with van der Waals surface area (Å²) in [5.41, 5.74) is 6.99. The number of carboxylic acids is 1. The van der Waals surface area contributed by atoms with Crippen molar-refractivity contribution in [3.63, 3.8) is 0 Å². The molecule has 0 aliphatic rings. The number of carboxylic acid groups (broad SMARTS) is 1. The van der Waals surface area contributed by atoms with Crippen LogP contribution < -0.4 is 16.4 Å². The molecule has 3 atom stereocenters. The number of aromatic amines is 1. The Balaban J connectivity index is 2.04. The molecule has 0 fully saturated rings. The van der Waals surface area contributed by atoms with Gasteiger partial charge in [-0.2, -0.15) is 0 Å². The molecule has 0 bridgehead atoms. The monoisotopic (exact) mass is 362 g/mol. The number of hydrogen-bond donors (Lipinski definition) is 6. The zero-order chi connectivity index (χ0) is 19.3. The standard InChI is InChI=1S/C17H22N4O5/c1-9(20-16(24)12(18)8-22)15(23)21-14(17(25)26)6-10-7-19-13-5-3-2-4-11(10)13/h2-5,7,9,12,14,19,22H,6,8,18H2,1H3,(H,20,24)(H,21,23)(H,25,26)/t9-,12-,14-/m0/s1. The van der Waals surface area contributed by atoms with Crippen LogP contribution in [0.4, 0.5) is 0 Å². The SMILES string of the molecule is C[C@H](NC(=O)[C@@H](N)CO)C(=O)N[C@@H](Cc1c[nH]c2ccccc12)C(=O)O. The van der Waals surface area contributed by atoms with E-state index in [4.69, 9.17) is 10.8 Å². The normalized spacial score (nSPS) is 14.4. The van der Waals surface area contributed by atoms with Gasteiger partial charge in [0.15, 0.2) is 0 Å². The highest BCUT2D eigenvalue weighted by Crippen LogP contribution is 2.19. The van der Waals surface area contributed by atoms with Crippen LogP contribution in [0.3, 0.4) is 0 Å². The summed E-state index contributed by atoms with van der Waals surface area (Å²) in [6.45, 7) is 0.848. The number of H-pyrrole nitrogens is 1. The molecule has 0 aliphatic carbocycles. The molecule has 0 saturated carbocycles. The van der Waals surface area contributed by atoms with Gasteiger partial charge in [-0.25, -0.2) is 4.79 Å². The fourth-order valence-corrected chi connectivity index (χ4v) is 2.49. The minimum absolute atomic E-state index is 0.0852. The van der Waals surface area contributed by atoms with Crippen LogP contribution in [-0.4, -0.2) is 57.7 Å². The second-order valence-electron chi connectivity index (χ2n) is 5.98. The number of aliphatic carboxylic acids is 1. The number of amides is 2. The number of carbonyl (C=O) groups is 3. The molecule has 26 heavy (non-hydrogen) atoms. The summed E-state index contributed by atoms with van der Waals surface area (Å²) in [5.74, 6) is -2.54. The van der Waals surface area contributed by atoms with Gasteiger partial charge >= 0.3 is 5.97 Å². The number of nitrogens with one attached hydrogen (secondary N) is 3. The van der Waals surface area contributed by atoms with Crippen molar-refractivity contribution in [3.8, 4) is 0 Å². The molecule has 0 unspecified atom stereocenters. The van der Waals surface area contributed by atoms with E-state index in [-0.39, 0.29) is 6.42 Å². The number of aromatic nitrogens is 1. The van der Waals surface area contributed by atoms with Crippen LogP contribution in [0.2, 0.25) is 0 Å². The van der Waals surface area contributed by atoms with E-state index < -0.39 is 42.5 Å². The molecule has 2 rings (SSSR count). The Labute approximate surface area is 149 Å². The molecule has 0 spiro atoms. The average molecular weight is 362 g/mol. The van der Waals surface area contributed by atoms with E-state index >= 15 is 0 Å². The first-order valence-electron chi connectivity index (χ1n) is 8.08. The summed E-state index contributed by atoms with van der Waals surface area (Å²) in [6, 6.07) is 4.14. The molecule has 0 radical (unpaired) electrons. The molecule has 9 nitrogen and oxygen atoms in total. The van der Waals surface area contributed by atoms with Gasteiger partial charge in [-0.1, -0.05) is 18.2 Å². The largest absolute Gasteiger partial charge is 0.480 e. The molecule has 7 N–H and O–H groups in total. The van der Waals surface area contributed by atoms with Crippen LogP contribution in [0.5, 0.6) is 0 Å². The molecule has 1 heterocycles. The van der Waals surface area contributed by atoms with Gasteiger partial charge in [0.25, 0.3) is 0 Å². The molecular weight excluding hydrogens is 340 g/mol. The van der Waals surface area contributed by atoms with Crippen molar-refractivity contribution in [1.29, 1.82) is 0 Å². The van der Waals surface area contributed by atoms with Crippen LogP contribution in [0.1, 0.15) is 12.5 Å². The zero-order valence-electron chi connectivity index (χ0n) is 14.2. The quantitative estimate of drug-likeness (QED) is 0.357. The first-order valence-corrected chi connectivity index (χ1v) is 8.08. The average Bonchev–Trinajstić information content (AvgIpc) is 3.03. The van der Waals surface area contributed by atoms with Gasteiger partial charge in [0.2, 0.25) is 11.8 Å². The third-order valence-electron chi connectivity index (χ3n) is 4.00. The summed E-state index contributed by atoms with van der Waals surface area (Å²) in [6.07, 6.45) is 1.79. The van der Waals surface area contributed by atoms with Crippen LogP contribution in [-0.2, 0) is 20.8 Å². The Morgan fingerprint density at radius 2 is 1.88 bits per heavy atom. The highest BCUT2D eigenvalue weighted by Gasteiger charge is 2.26. The van der Waals surface area contributed by atoms with E-state index in [1.165, 1.54) is 6.92 Å². The predicted octanol–water partition coefficient (Wildman–Crippen LogP) is -0.896. The predicted molar refractivity (Wildman–Crippen MR) is 94.2 cm³/mol. The van der Waals surface area contributed by atoms with E-state index in [1.54, 1.807) is 6.20 Å².